The van der Waals surface area contributed by atoms with Crippen LogP contribution in [0.25, 0.3) is 0 Å². The van der Waals surface area contributed by atoms with E-state index in [1.54, 1.807) is 11.9 Å². The molecule has 0 bridgehead atoms. The zero-order valence-corrected chi connectivity index (χ0v) is 12.1. The number of likely N-dealkylation sites (N-methyl/N-ethyl adjacent to an activating group) is 1. The number of rotatable bonds is 5. The molecule has 2 aromatic carbocycles. The molecule has 0 unspecified atom stereocenters. The predicted molar refractivity (Wildman–Crippen MR) is 82.6 cm³/mol. The number of nitrogens with zero attached hydrogens (tertiary/aromatic N) is 2. The fourth-order valence-electron chi connectivity index (χ4n) is 2.32. The van der Waals surface area contributed by atoms with E-state index in [-0.39, 0.29) is 11.8 Å². The van der Waals surface area contributed by atoms with Gasteiger partial charge < -0.3 is 4.90 Å². The van der Waals surface area contributed by atoms with Crippen LogP contribution in [0.15, 0.2) is 60.7 Å². The lowest BCUT2D eigenvalue weighted by Crippen LogP contribution is -2.33. The molecule has 0 atom stereocenters. The molecule has 3 nitrogen and oxygen atoms in total. The normalized spacial score (nSPS) is 10.1. The van der Waals surface area contributed by atoms with E-state index in [0.29, 0.717) is 13.0 Å². The van der Waals surface area contributed by atoms with E-state index in [1.165, 1.54) is 0 Å². The second-order valence-electron chi connectivity index (χ2n) is 4.92. The number of carbonyl (C=O) groups is 1. The van der Waals surface area contributed by atoms with E-state index >= 15 is 0 Å². The average Bonchev–Trinajstić information content (AvgIpc) is 2.54. The number of amides is 1. The molecule has 0 fully saturated rings. The summed E-state index contributed by atoms with van der Waals surface area (Å²) >= 11 is 0. The Bertz CT molecular complexity index is 577. The summed E-state index contributed by atoms with van der Waals surface area (Å²) in [7, 11) is 1.75. The Kier molecular flexibility index (Phi) is 5.11. The van der Waals surface area contributed by atoms with E-state index in [0.717, 1.165) is 11.1 Å². The molecule has 0 aliphatic carbocycles. The Balaban J connectivity index is 2.33. The molecule has 0 aliphatic rings. The van der Waals surface area contributed by atoms with Gasteiger partial charge in [-0.15, -0.1) is 0 Å². The SMILES string of the molecule is CN(CCC#N)C(=O)C(c1ccccc1)c1ccccc1. The summed E-state index contributed by atoms with van der Waals surface area (Å²) in [6.07, 6.45) is 0.346. The molecular weight excluding hydrogens is 260 g/mol. The van der Waals surface area contributed by atoms with Crippen molar-refractivity contribution in [2.24, 2.45) is 0 Å². The van der Waals surface area contributed by atoms with Crippen molar-refractivity contribution in [2.75, 3.05) is 13.6 Å². The smallest absolute Gasteiger partial charge is 0.234 e. The summed E-state index contributed by atoms with van der Waals surface area (Å²) < 4.78 is 0. The third kappa shape index (κ3) is 3.70. The lowest BCUT2D eigenvalue weighted by Gasteiger charge is -2.24. The van der Waals surface area contributed by atoms with Crippen LogP contribution in [-0.4, -0.2) is 24.4 Å². The second-order valence-corrected chi connectivity index (χ2v) is 4.92. The van der Waals surface area contributed by atoms with Gasteiger partial charge in [-0.2, -0.15) is 5.26 Å². The highest BCUT2D eigenvalue weighted by molar-refractivity contribution is 5.87. The Morgan fingerprint density at radius 2 is 1.52 bits per heavy atom. The fraction of sp³-hybridized carbons (Fsp3) is 0.222. The lowest BCUT2D eigenvalue weighted by molar-refractivity contribution is -0.130. The number of nitriles is 1. The Hall–Kier alpha value is -2.60. The zero-order chi connectivity index (χ0) is 15.1. The van der Waals surface area contributed by atoms with Crippen molar-refractivity contribution >= 4 is 5.91 Å². The third-order valence-corrected chi connectivity index (χ3v) is 3.45. The van der Waals surface area contributed by atoms with Gasteiger partial charge in [0, 0.05) is 13.6 Å². The number of benzene rings is 2. The molecule has 0 heterocycles. The minimum absolute atomic E-state index is 0.0163. The molecule has 0 aromatic heterocycles. The van der Waals surface area contributed by atoms with Crippen LogP contribution in [0.2, 0.25) is 0 Å². The minimum Gasteiger partial charge on any atom is -0.344 e. The molecule has 0 spiro atoms. The second kappa shape index (κ2) is 7.25. The van der Waals surface area contributed by atoms with Gasteiger partial charge in [0.25, 0.3) is 0 Å². The van der Waals surface area contributed by atoms with E-state index in [1.807, 2.05) is 60.7 Å². The molecular formula is C18H18N2O. The molecule has 0 saturated heterocycles. The monoisotopic (exact) mass is 278 g/mol. The minimum atomic E-state index is -0.323. The highest BCUT2D eigenvalue weighted by Crippen LogP contribution is 2.26. The average molecular weight is 278 g/mol. The topological polar surface area (TPSA) is 44.1 Å². The first kappa shape index (κ1) is 14.8. The first-order valence-corrected chi connectivity index (χ1v) is 6.96. The van der Waals surface area contributed by atoms with E-state index in [2.05, 4.69) is 6.07 Å². The number of hydrogen-bond donors (Lipinski definition) is 0. The van der Waals surface area contributed by atoms with Crippen LogP contribution in [0.4, 0.5) is 0 Å². The summed E-state index contributed by atoms with van der Waals surface area (Å²) in [6, 6.07) is 21.6. The summed E-state index contributed by atoms with van der Waals surface area (Å²) in [4.78, 5) is 14.4. The largest absolute Gasteiger partial charge is 0.344 e. The van der Waals surface area contributed by atoms with Crippen molar-refractivity contribution in [1.82, 2.24) is 4.90 Å². The molecule has 2 rings (SSSR count). The summed E-state index contributed by atoms with van der Waals surface area (Å²) in [5.41, 5.74) is 1.94. The fourth-order valence-corrected chi connectivity index (χ4v) is 2.32. The standard InChI is InChI=1S/C18H18N2O/c1-20(14-8-13-19)18(21)17(15-9-4-2-5-10-15)16-11-6-3-7-12-16/h2-7,9-12,17H,8,14H2,1H3. The van der Waals surface area contributed by atoms with Crippen molar-refractivity contribution in [3.63, 3.8) is 0 Å². The van der Waals surface area contributed by atoms with E-state index in [4.69, 9.17) is 5.26 Å². The van der Waals surface area contributed by atoms with Crippen LogP contribution >= 0.6 is 0 Å². The molecule has 1 amide bonds. The molecule has 0 radical (unpaired) electrons. The van der Waals surface area contributed by atoms with Gasteiger partial charge in [-0.1, -0.05) is 60.7 Å². The van der Waals surface area contributed by atoms with Gasteiger partial charge in [-0.25, -0.2) is 0 Å². The summed E-state index contributed by atoms with van der Waals surface area (Å²) in [5.74, 6) is -0.307. The lowest BCUT2D eigenvalue weighted by atomic mass is 9.90. The predicted octanol–water partition coefficient (Wildman–Crippen LogP) is 3.19. The van der Waals surface area contributed by atoms with Crippen LogP contribution in [-0.2, 0) is 4.79 Å². The van der Waals surface area contributed by atoms with Gasteiger partial charge in [0.05, 0.1) is 18.4 Å². The summed E-state index contributed by atoms with van der Waals surface area (Å²) in [6.45, 7) is 0.450. The van der Waals surface area contributed by atoms with Gasteiger partial charge in [-0.05, 0) is 11.1 Å². The van der Waals surface area contributed by atoms with Gasteiger partial charge in [0.15, 0.2) is 0 Å². The van der Waals surface area contributed by atoms with Crippen LogP contribution in [0.1, 0.15) is 23.5 Å². The van der Waals surface area contributed by atoms with E-state index < -0.39 is 0 Å². The summed E-state index contributed by atoms with van der Waals surface area (Å²) in [5, 5.41) is 8.68. The van der Waals surface area contributed by atoms with Crippen LogP contribution < -0.4 is 0 Å². The third-order valence-electron chi connectivity index (χ3n) is 3.45. The van der Waals surface area contributed by atoms with Gasteiger partial charge in [0.2, 0.25) is 5.91 Å². The molecule has 106 valence electrons. The Morgan fingerprint density at radius 3 is 1.95 bits per heavy atom. The van der Waals surface area contributed by atoms with Gasteiger partial charge >= 0.3 is 0 Å². The van der Waals surface area contributed by atoms with Crippen molar-refractivity contribution < 1.29 is 4.79 Å². The molecule has 0 saturated carbocycles. The molecule has 2 aromatic rings. The maximum Gasteiger partial charge on any atom is 0.234 e. The van der Waals surface area contributed by atoms with Crippen LogP contribution in [0, 0.1) is 11.3 Å². The Morgan fingerprint density at radius 1 is 1.05 bits per heavy atom. The first-order valence-electron chi connectivity index (χ1n) is 6.96. The van der Waals surface area contributed by atoms with E-state index in [9.17, 15) is 4.79 Å². The molecule has 0 aliphatic heterocycles. The van der Waals surface area contributed by atoms with Gasteiger partial charge in [-0.3, -0.25) is 4.79 Å². The molecule has 21 heavy (non-hydrogen) atoms. The van der Waals surface area contributed by atoms with Gasteiger partial charge in [0.1, 0.15) is 0 Å². The highest BCUT2D eigenvalue weighted by Gasteiger charge is 2.25. The number of carbonyl (C=O) groups excluding carboxylic acids is 1. The number of hydrogen-bond acceptors (Lipinski definition) is 2. The highest BCUT2D eigenvalue weighted by atomic mass is 16.2. The van der Waals surface area contributed by atoms with Crippen molar-refractivity contribution in [2.45, 2.75) is 12.3 Å². The van der Waals surface area contributed by atoms with Crippen molar-refractivity contribution in [3.05, 3.63) is 71.8 Å². The maximum atomic E-state index is 12.8. The molecule has 0 N–H and O–H groups in total. The first-order chi connectivity index (χ1) is 10.2. The van der Waals surface area contributed by atoms with Crippen LogP contribution in [0.5, 0.6) is 0 Å². The maximum absolute atomic E-state index is 12.8. The van der Waals surface area contributed by atoms with Crippen LogP contribution in [0.3, 0.4) is 0 Å². The van der Waals surface area contributed by atoms with Crippen molar-refractivity contribution in [1.29, 1.82) is 5.26 Å². The quantitative estimate of drug-likeness (QED) is 0.843. The zero-order valence-electron chi connectivity index (χ0n) is 12.1. The van der Waals surface area contributed by atoms with Crippen molar-refractivity contribution in [3.8, 4) is 6.07 Å². The Labute approximate surface area is 125 Å². The molecule has 3 heteroatoms.